The number of nitro benzene ring substituents is 1. The van der Waals surface area contributed by atoms with Gasteiger partial charge in [0.25, 0.3) is 5.69 Å². The van der Waals surface area contributed by atoms with Crippen LogP contribution in [0.4, 0.5) is 17.1 Å². The number of nitrogens with zero attached hydrogens (tertiary/aromatic N) is 3. The van der Waals surface area contributed by atoms with E-state index in [9.17, 15) is 15.2 Å². The highest BCUT2D eigenvalue weighted by Crippen LogP contribution is 2.23. The van der Waals surface area contributed by atoms with Crippen LogP contribution in [0.25, 0.3) is 0 Å². The number of non-ortho nitro benzene ring substituents is 1. The quantitative estimate of drug-likeness (QED) is 0.484. The summed E-state index contributed by atoms with van der Waals surface area (Å²) in [6.45, 7) is 0.604. The molecule has 0 atom stereocenters. The first-order chi connectivity index (χ1) is 11.0. The van der Waals surface area contributed by atoms with Crippen LogP contribution < -0.4 is 4.90 Å². The fraction of sp³-hybridized carbons (Fsp3) is 0.188. The van der Waals surface area contributed by atoms with Gasteiger partial charge in [-0.05, 0) is 30.3 Å². The molecule has 0 aliphatic carbocycles. The molecule has 7 heteroatoms. The number of benzene rings is 2. The second-order valence-corrected chi connectivity index (χ2v) is 4.92. The van der Waals surface area contributed by atoms with Gasteiger partial charge < -0.3 is 15.1 Å². The Hall–Kier alpha value is -2.93. The Labute approximate surface area is 133 Å². The normalized spacial score (nSPS) is 10.9. The van der Waals surface area contributed by atoms with Gasteiger partial charge >= 0.3 is 0 Å². The van der Waals surface area contributed by atoms with Crippen molar-refractivity contribution in [2.24, 2.45) is 4.99 Å². The van der Waals surface area contributed by atoms with Gasteiger partial charge in [-0.2, -0.15) is 0 Å². The second-order valence-electron chi connectivity index (χ2n) is 4.92. The zero-order chi connectivity index (χ0) is 16.8. The Balaban J connectivity index is 2.17. The van der Waals surface area contributed by atoms with E-state index in [4.69, 9.17) is 5.11 Å². The lowest BCUT2D eigenvalue weighted by atomic mass is 10.2. The molecule has 0 bridgehead atoms. The molecule has 0 unspecified atom stereocenters. The minimum absolute atomic E-state index is 0.0707. The number of aromatic hydroxyl groups is 1. The molecule has 0 aromatic heterocycles. The van der Waals surface area contributed by atoms with Crippen LogP contribution in [0.15, 0.2) is 47.5 Å². The first kappa shape index (κ1) is 16.4. The van der Waals surface area contributed by atoms with E-state index in [0.29, 0.717) is 12.2 Å². The topological polar surface area (TPSA) is 99.2 Å². The van der Waals surface area contributed by atoms with Crippen molar-refractivity contribution in [1.82, 2.24) is 0 Å². The van der Waals surface area contributed by atoms with Crippen molar-refractivity contribution in [2.45, 2.75) is 0 Å². The first-order valence-corrected chi connectivity index (χ1v) is 6.95. The van der Waals surface area contributed by atoms with Crippen LogP contribution in [0.2, 0.25) is 0 Å². The molecule has 2 aromatic carbocycles. The van der Waals surface area contributed by atoms with Crippen LogP contribution >= 0.6 is 0 Å². The van der Waals surface area contributed by atoms with Crippen molar-refractivity contribution in [1.29, 1.82) is 0 Å². The standard InChI is InChI=1S/C16H17N3O4/c1-18(8-9-20)14-4-2-13(3-5-14)17-11-12-10-15(19(22)23)6-7-16(12)21/h2-7,10-11,20-21H,8-9H2,1H3. The summed E-state index contributed by atoms with van der Waals surface area (Å²) >= 11 is 0. The fourth-order valence-electron chi connectivity index (χ4n) is 1.98. The van der Waals surface area contributed by atoms with Crippen molar-refractivity contribution in [3.8, 4) is 5.75 Å². The maximum absolute atomic E-state index is 10.8. The molecule has 120 valence electrons. The highest BCUT2D eigenvalue weighted by molar-refractivity contribution is 5.86. The minimum Gasteiger partial charge on any atom is -0.507 e. The number of aliphatic hydroxyl groups is 1. The van der Waals surface area contributed by atoms with Crippen LogP contribution in [0.5, 0.6) is 5.75 Å². The van der Waals surface area contributed by atoms with Crippen molar-refractivity contribution >= 4 is 23.3 Å². The summed E-state index contributed by atoms with van der Waals surface area (Å²) in [4.78, 5) is 16.3. The molecule has 0 saturated carbocycles. The average Bonchev–Trinajstić information content (AvgIpc) is 2.54. The summed E-state index contributed by atoms with van der Waals surface area (Å²) in [6.07, 6.45) is 1.38. The van der Waals surface area contributed by atoms with E-state index >= 15 is 0 Å². The van der Waals surface area contributed by atoms with Gasteiger partial charge in [-0.3, -0.25) is 15.1 Å². The Morgan fingerprint density at radius 3 is 2.57 bits per heavy atom. The number of phenols is 1. The summed E-state index contributed by atoms with van der Waals surface area (Å²) in [5.41, 5.74) is 1.76. The molecule has 23 heavy (non-hydrogen) atoms. The van der Waals surface area contributed by atoms with Crippen molar-refractivity contribution < 1.29 is 15.1 Å². The summed E-state index contributed by atoms with van der Waals surface area (Å²) in [5, 5.41) is 29.4. The van der Waals surface area contributed by atoms with Gasteiger partial charge in [0.1, 0.15) is 5.75 Å². The Bertz CT molecular complexity index is 714. The molecule has 0 aliphatic heterocycles. The molecule has 0 radical (unpaired) electrons. The Morgan fingerprint density at radius 1 is 1.26 bits per heavy atom. The fourth-order valence-corrected chi connectivity index (χ4v) is 1.98. The number of nitro groups is 1. The Kier molecular flexibility index (Phi) is 5.27. The lowest BCUT2D eigenvalue weighted by molar-refractivity contribution is -0.384. The van der Waals surface area contributed by atoms with Gasteiger partial charge in [-0.25, -0.2) is 0 Å². The third-order valence-corrected chi connectivity index (χ3v) is 3.30. The highest BCUT2D eigenvalue weighted by Gasteiger charge is 2.08. The van der Waals surface area contributed by atoms with E-state index in [1.54, 1.807) is 12.1 Å². The summed E-state index contributed by atoms with van der Waals surface area (Å²) in [5.74, 6) is -0.0707. The van der Waals surface area contributed by atoms with Crippen LogP contribution in [0.1, 0.15) is 5.56 Å². The van der Waals surface area contributed by atoms with E-state index in [0.717, 1.165) is 5.69 Å². The lowest BCUT2D eigenvalue weighted by Gasteiger charge is -2.17. The molecule has 0 heterocycles. The largest absolute Gasteiger partial charge is 0.507 e. The zero-order valence-electron chi connectivity index (χ0n) is 12.6. The van der Waals surface area contributed by atoms with Crippen LogP contribution in [0, 0.1) is 10.1 Å². The molecule has 0 saturated heterocycles. The molecule has 0 aliphatic rings. The van der Waals surface area contributed by atoms with Crippen molar-refractivity contribution in [3.05, 3.63) is 58.1 Å². The van der Waals surface area contributed by atoms with Gasteiger partial charge in [-0.1, -0.05) is 0 Å². The van der Waals surface area contributed by atoms with E-state index < -0.39 is 4.92 Å². The molecule has 2 aromatic rings. The molecular weight excluding hydrogens is 298 g/mol. The summed E-state index contributed by atoms with van der Waals surface area (Å²) < 4.78 is 0. The van der Waals surface area contributed by atoms with Gasteiger partial charge in [0.2, 0.25) is 0 Å². The van der Waals surface area contributed by atoms with Crippen molar-refractivity contribution in [3.63, 3.8) is 0 Å². The van der Waals surface area contributed by atoms with Crippen LogP contribution in [0.3, 0.4) is 0 Å². The van der Waals surface area contributed by atoms with Gasteiger partial charge in [0.15, 0.2) is 0 Å². The van der Waals surface area contributed by atoms with E-state index in [-0.39, 0.29) is 23.6 Å². The second kappa shape index (κ2) is 7.37. The third kappa shape index (κ3) is 4.27. The Morgan fingerprint density at radius 2 is 1.96 bits per heavy atom. The number of hydrogen-bond donors (Lipinski definition) is 2. The molecular formula is C16H17N3O4. The van der Waals surface area contributed by atoms with Gasteiger partial charge in [0, 0.05) is 43.2 Å². The number of phenolic OH excluding ortho intramolecular Hbond substituents is 1. The molecule has 0 amide bonds. The maximum Gasteiger partial charge on any atom is 0.270 e. The summed E-state index contributed by atoms with van der Waals surface area (Å²) in [7, 11) is 1.87. The molecule has 0 fully saturated rings. The average molecular weight is 315 g/mol. The van der Waals surface area contributed by atoms with Crippen LogP contribution in [-0.2, 0) is 0 Å². The number of likely N-dealkylation sites (N-methyl/N-ethyl adjacent to an activating group) is 1. The minimum atomic E-state index is -0.525. The van der Waals surface area contributed by atoms with E-state index in [2.05, 4.69) is 4.99 Å². The lowest BCUT2D eigenvalue weighted by Crippen LogP contribution is -2.20. The smallest absolute Gasteiger partial charge is 0.270 e. The zero-order valence-corrected chi connectivity index (χ0v) is 12.6. The predicted molar refractivity (Wildman–Crippen MR) is 88.8 cm³/mol. The summed E-state index contributed by atoms with van der Waals surface area (Å²) in [6, 6.07) is 11.1. The van der Waals surface area contributed by atoms with Crippen molar-refractivity contribution in [2.75, 3.05) is 25.1 Å². The highest BCUT2D eigenvalue weighted by atomic mass is 16.6. The SMILES string of the molecule is CN(CCO)c1ccc(N=Cc2cc([N+](=O)[O-])ccc2O)cc1. The number of aliphatic hydroxyl groups excluding tert-OH is 1. The number of hydrogen-bond acceptors (Lipinski definition) is 6. The predicted octanol–water partition coefficient (Wildman–Crippen LogP) is 2.48. The number of aliphatic imine (C=N–C) groups is 1. The molecule has 2 N–H and O–H groups in total. The van der Waals surface area contributed by atoms with E-state index in [1.165, 1.54) is 24.4 Å². The van der Waals surface area contributed by atoms with Gasteiger partial charge in [0.05, 0.1) is 17.2 Å². The molecule has 2 rings (SSSR count). The monoisotopic (exact) mass is 315 g/mol. The first-order valence-electron chi connectivity index (χ1n) is 6.95. The third-order valence-electron chi connectivity index (χ3n) is 3.30. The van der Waals surface area contributed by atoms with Gasteiger partial charge in [-0.15, -0.1) is 0 Å². The molecule has 0 spiro atoms. The number of rotatable bonds is 6. The molecule has 7 nitrogen and oxygen atoms in total. The van der Waals surface area contributed by atoms with Crippen LogP contribution in [-0.4, -0.2) is 41.6 Å². The van der Waals surface area contributed by atoms with E-state index in [1.807, 2.05) is 24.1 Å². The number of anilines is 1. The maximum atomic E-state index is 10.8.